The standard InChI is InChI=1S/C16H21F3N2O/c17-16(18,19)14-5-3-13(4-6-14)15(22)21-10-7-12(8-11-21)2-1-9-20/h3-6,12H,1-2,7-11,20H2. The van der Waals surface area contributed by atoms with E-state index in [4.69, 9.17) is 5.73 Å². The van der Waals surface area contributed by atoms with Crippen LogP contribution in [0.2, 0.25) is 0 Å². The van der Waals surface area contributed by atoms with Crippen molar-refractivity contribution < 1.29 is 18.0 Å². The highest BCUT2D eigenvalue weighted by molar-refractivity contribution is 5.94. The third kappa shape index (κ3) is 4.22. The zero-order chi connectivity index (χ0) is 16.2. The number of nitrogens with zero attached hydrogens (tertiary/aromatic N) is 1. The Morgan fingerprint density at radius 2 is 1.77 bits per heavy atom. The summed E-state index contributed by atoms with van der Waals surface area (Å²) in [6.07, 6.45) is -0.419. The molecule has 1 aliphatic rings. The maximum Gasteiger partial charge on any atom is 0.416 e. The van der Waals surface area contributed by atoms with Crippen molar-refractivity contribution in [1.29, 1.82) is 0 Å². The Kier molecular flexibility index (Phi) is 5.45. The van der Waals surface area contributed by atoms with E-state index in [0.717, 1.165) is 37.8 Å². The van der Waals surface area contributed by atoms with Gasteiger partial charge in [-0.1, -0.05) is 0 Å². The summed E-state index contributed by atoms with van der Waals surface area (Å²) in [4.78, 5) is 14.0. The lowest BCUT2D eigenvalue weighted by molar-refractivity contribution is -0.137. The molecule has 122 valence electrons. The lowest BCUT2D eigenvalue weighted by Gasteiger charge is -2.32. The first-order valence-electron chi connectivity index (χ1n) is 7.58. The van der Waals surface area contributed by atoms with Crippen LogP contribution in [0, 0.1) is 5.92 Å². The van der Waals surface area contributed by atoms with Crippen molar-refractivity contribution in [2.75, 3.05) is 19.6 Å². The molecule has 0 aromatic heterocycles. The van der Waals surface area contributed by atoms with E-state index in [0.29, 0.717) is 31.1 Å². The summed E-state index contributed by atoms with van der Waals surface area (Å²) in [5, 5.41) is 0. The largest absolute Gasteiger partial charge is 0.416 e. The fourth-order valence-electron chi connectivity index (χ4n) is 2.82. The molecular formula is C16H21F3N2O. The first-order valence-corrected chi connectivity index (χ1v) is 7.58. The van der Waals surface area contributed by atoms with Gasteiger partial charge in [0.2, 0.25) is 0 Å². The molecule has 22 heavy (non-hydrogen) atoms. The summed E-state index contributed by atoms with van der Waals surface area (Å²) >= 11 is 0. The van der Waals surface area contributed by atoms with Crippen molar-refractivity contribution in [3.8, 4) is 0 Å². The average Bonchev–Trinajstić information content (AvgIpc) is 2.52. The van der Waals surface area contributed by atoms with Crippen LogP contribution in [0.25, 0.3) is 0 Å². The van der Waals surface area contributed by atoms with E-state index in [-0.39, 0.29) is 5.91 Å². The predicted octanol–water partition coefficient (Wildman–Crippen LogP) is 3.30. The minimum atomic E-state index is -4.37. The van der Waals surface area contributed by atoms with Crippen LogP contribution in [-0.2, 0) is 6.18 Å². The normalized spacial score (nSPS) is 16.8. The molecule has 2 N–H and O–H groups in total. The zero-order valence-electron chi connectivity index (χ0n) is 12.4. The summed E-state index contributed by atoms with van der Waals surface area (Å²) in [7, 11) is 0. The van der Waals surface area contributed by atoms with Gasteiger partial charge in [0.05, 0.1) is 5.56 Å². The quantitative estimate of drug-likeness (QED) is 0.927. The van der Waals surface area contributed by atoms with Crippen LogP contribution in [0.1, 0.15) is 41.6 Å². The molecule has 0 radical (unpaired) electrons. The molecule has 0 unspecified atom stereocenters. The van der Waals surface area contributed by atoms with E-state index in [2.05, 4.69) is 0 Å². The van der Waals surface area contributed by atoms with E-state index in [1.165, 1.54) is 12.1 Å². The second-order valence-corrected chi connectivity index (χ2v) is 5.74. The Balaban J connectivity index is 1.92. The number of halogens is 3. The SMILES string of the molecule is NCCCC1CCN(C(=O)c2ccc(C(F)(F)F)cc2)CC1. The number of benzene rings is 1. The van der Waals surface area contributed by atoms with E-state index < -0.39 is 11.7 Å². The lowest BCUT2D eigenvalue weighted by atomic mass is 9.92. The molecule has 1 saturated heterocycles. The smallest absolute Gasteiger partial charge is 0.339 e. The van der Waals surface area contributed by atoms with Crippen LogP contribution < -0.4 is 5.73 Å². The number of rotatable bonds is 4. The van der Waals surface area contributed by atoms with Gasteiger partial charge in [-0.25, -0.2) is 0 Å². The molecule has 1 heterocycles. The Bertz CT molecular complexity index is 491. The maximum atomic E-state index is 12.5. The fourth-order valence-corrected chi connectivity index (χ4v) is 2.82. The Morgan fingerprint density at radius 1 is 1.18 bits per heavy atom. The fraction of sp³-hybridized carbons (Fsp3) is 0.562. The molecule has 3 nitrogen and oxygen atoms in total. The Morgan fingerprint density at radius 3 is 2.27 bits per heavy atom. The monoisotopic (exact) mass is 314 g/mol. The number of piperidine rings is 1. The topological polar surface area (TPSA) is 46.3 Å². The molecule has 0 aliphatic carbocycles. The van der Waals surface area contributed by atoms with Crippen molar-refractivity contribution in [3.63, 3.8) is 0 Å². The van der Waals surface area contributed by atoms with Crippen LogP contribution in [0.15, 0.2) is 24.3 Å². The molecular weight excluding hydrogens is 293 g/mol. The predicted molar refractivity (Wildman–Crippen MR) is 78.4 cm³/mol. The molecule has 1 aliphatic heterocycles. The van der Waals surface area contributed by atoms with Crippen LogP contribution in [0.5, 0.6) is 0 Å². The maximum absolute atomic E-state index is 12.5. The minimum absolute atomic E-state index is 0.189. The van der Waals surface area contributed by atoms with Gasteiger partial charge >= 0.3 is 6.18 Å². The zero-order valence-corrected chi connectivity index (χ0v) is 12.4. The average molecular weight is 314 g/mol. The van der Waals surface area contributed by atoms with Crippen molar-refractivity contribution in [2.45, 2.75) is 31.9 Å². The molecule has 0 saturated carbocycles. The molecule has 1 amide bonds. The molecule has 1 fully saturated rings. The van der Waals surface area contributed by atoms with E-state index >= 15 is 0 Å². The summed E-state index contributed by atoms with van der Waals surface area (Å²) < 4.78 is 37.5. The molecule has 0 spiro atoms. The minimum Gasteiger partial charge on any atom is -0.339 e. The van der Waals surface area contributed by atoms with Crippen molar-refractivity contribution >= 4 is 5.91 Å². The molecule has 1 aromatic rings. The molecule has 2 rings (SSSR count). The van der Waals surface area contributed by atoms with Crippen molar-refractivity contribution in [3.05, 3.63) is 35.4 Å². The third-order valence-electron chi connectivity index (χ3n) is 4.18. The van der Waals surface area contributed by atoms with Crippen LogP contribution in [0.3, 0.4) is 0 Å². The number of hydrogen-bond acceptors (Lipinski definition) is 2. The van der Waals surface area contributed by atoms with Crippen molar-refractivity contribution in [2.24, 2.45) is 11.7 Å². The Hall–Kier alpha value is -1.56. The van der Waals surface area contributed by atoms with Gasteiger partial charge in [0.25, 0.3) is 5.91 Å². The number of nitrogens with two attached hydrogens (primary N) is 1. The van der Waals surface area contributed by atoms with Crippen LogP contribution >= 0.6 is 0 Å². The van der Waals surface area contributed by atoms with Crippen molar-refractivity contribution in [1.82, 2.24) is 4.90 Å². The van der Waals surface area contributed by atoms with Gasteiger partial charge in [-0.05, 0) is 62.4 Å². The highest BCUT2D eigenvalue weighted by Gasteiger charge is 2.30. The number of carbonyl (C=O) groups is 1. The summed E-state index contributed by atoms with van der Waals surface area (Å²) in [6.45, 7) is 2.01. The van der Waals surface area contributed by atoms with Gasteiger partial charge in [-0.2, -0.15) is 13.2 Å². The number of hydrogen-bond donors (Lipinski definition) is 1. The second-order valence-electron chi connectivity index (χ2n) is 5.74. The molecule has 6 heteroatoms. The van der Waals surface area contributed by atoms with Gasteiger partial charge in [-0.15, -0.1) is 0 Å². The summed E-state index contributed by atoms with van der Waals surface area (Å²) in [5.74, 6) is 0.409. The summed E-state index contributed by atoms with van der Waals surface area (Å²) in [5.41, 5.74) is 5.08. The van der Waals surface area contributed by atoms with Gasteiger partial charge < -0.3 is 10.6 Å². The van der Waals surface area contributed by atoms with E-state index in [9.17, 15) is 18.0 Å². The Labute approximate surface area is 128 Å². The number of likely N-dealkylation sites (tertiary alicyclic amines) is 1. The molecule has 1 aromatic carbocycles. The van der Waals surface area contributed by atoms with E-state index in [1.54, 1.807) is 4.90 Å². The van der Waals surface area contributed by atoms with Gasteiger partial charge in [0.15, 0.2) is 0 Å². The lowest BCUT2D eigenvalue weighted by Crippen LogP contribution is -2.38. The molecule has 0 atom stereocenters. The van der Waals surface area contributed by atoms with Gasteiger partial charge in [-0.3, -0.25) is 4.79 Å². The van der Waals surface area contributed by atoms with Gasteiger partial charge in [0, 0.05) is 18.7 Å². The highest BCUT2D eigenvalue weighted by atomic mass is 19.4. The number of amides is 1. The molecule has 0 bridgehead atoms. The van der Waals surface area contributed by atoms with Gasteiger partial charge in [0.1, 0.15) is 0 Å². The second kappa shape index (κ2) is 7.13. The highest BCUT2D eigenvalue weighted by Crippen LogP contribution is 2.29. The summed E-state index contributed by atoms with van der Waals surface area (Å²) in [6, 6.07) is 4.43. The van der Waals surface area contributed by atoms with Crippen LogP contribution in [0.4, 0.5) is 13.2 Å². The third-order valence-corrected chi connectivity index (χ3v) is 4.18. The number of alkyl halides is 3. The first kappa shape index (κ1) is 16.8. The first-order chi connectivity index (χ1) is 10.4. The van der Waals surface area contributed by atoms with E-state index in [1.807, 2.05) is 0 Å². The van der Waals surface area contributed by atoms with Crippen LogP contribution in [-0.4, -0.2) is 30.4 Å². The number of carbonyl (C=O) groups excluding carboxylic acids is 1.